The molecule has 8 heteroatoms. The number of hydrogen-bond donors (Lipinski definition) is 2. The van der Waals surface area contributed by atoms with E-state index in [0.29, 0.717) is 18.8 Å². The molecule has 1 atom stereocenters. The van der Waals surface area contributed by atoms with Crippen molar-refractivity contribution >= 4 is 39.1 Å². The Morgan fingerprint density at radius 1 is 1.04 bits per heavy atom. The molecule has 2 aromatic rings. The van der Waals surface area contributed by atoms with Gasteiger partial charge in [0.15, 0.2) is 5.37 Å². The first-order valence-electron chi connectivity index (χ1n) is 8.97. The molecule has 4 rings (SSSR count). The van der Waals surface area contributed by atoms with Crippen LogP contribution in [-0.2, 0) is 14.8 Å². The van der Waals surface area contributed by atoms with Gasteiger partial charge in [0.25, 0.3) is 5.91 Å². The monoisotopic (exact) mass is 403 g/mol. The summed E-state index contributed by atoms with van der Waals surface area (Å²) in [5.41, 5.74) is 1.41. The van der Waals surface area contributed by atoms with Crippen LogP contribution in [0.2, 0.25) is 0 Å². The van der Waals surface area contributed by atoms with Crippen molar-refractivity contribution in [3.8, 4) is 0 Å². The number of carbonyl (C=O) groups is 1. The first-order valence-corrected chi connectivity index (χ1v) is 11.3. The van der Waals surface area contributed by atoms with E-state index in [-0.39, 0.29) is 10.8 Å². The lowest BCUT2D eigenvalue weighted by Crippen LogP contribution is -2.36. The molecule has 27 heavy (non-hydrogen) atoms. The highest BCUT2D eigenvalue weighted by Gasteiger charge is 2.28. The zero-order chi connectivity index (χ0) is 18.9. The fourth-order valence-corrected chi connectivity index (χ4v) is 5.88. The number of rotatable bonds is 4. The van der Waals surface area contributed by atoms with Gasteiger partial charge >= 0.3 is 0 Å². The fraction of sp³-hybridized carbons (Fsp3) is 0.316. The predicted octanol–water partition coefficient (Wildman–Crippen LogP) is 3.34. The first kappa shape index (κ1) is 18.3. The fourth-order valence-electron chi connectivity index (χ4n) is 3.30. The van der Waals surface area contributed by atoms with Gasteiger partial charge in [0, 0.05) is 23.7 Å². The maximum Gasteiger partial charge on any atom is 0.257 e. The number of para-hydroxylation sites is 1. The number of fused-ring (bicyclic) bond motifs is 1. The van der Waals surface area contributed by atoms with E-state index in [9.17, 15) is 13.2 Å². The average Bonchev–Trinajstić information content (AvgIpc) is 2.69. The smallest absolute Gasteiger partial charge is 0.257 e. The summed E-state index contributed by atoms with van der Waals surface area (Å²) in [6.45, 7) is 1.13. The molecule has 1 amide bonds. The zero-order valence-corrected chi connectivity index (χ0v) is 16.4. The molecule has 0 bridgehead atoms. The summed E-state index contributed by atoms with van der Waals surface area (Å²) in [4.78, 5) is 13.6. The minimum atomic E-state index is -3.50. The Morgan fingerprint density at radius 3 is 2.63 bits per heavy atom. The van der Waals surface area contributed by atoms with Gasteiger partial charge in [-0.1, -0.05) is 36.4 Å². The summed E-state index contributed by atoms with van der Waals surface area (Å²) in [7, 11) is -3.50. The third-order valence-corrected chi connectivity index (χ3v) is 7.78. The molecule has 2 N–H and O–H groups in total. The van der Waals surface area contributed by atoms with Crippen molar-refractivity contribution in [1.82, 2.24) is 4.31 Å². The zero-order valence-electron chi connectivity index (χ0n) is 14.7. The molecule has 0 radical (unpaired) electrons. The largest absolute Gasteiger partial charge is 0.365 e. The van der Waals surface area contributed by atoms with Gasteiger partial charge in [-0.3, -0.25) is 4.79 Å². The Labute approximate surface area is 163 Å². The quantitative estimate of drug-likeness (QED) is 0.819. The van der Waals surface area contributed by atoms with Gasteiger partial charge < -0.3 is 10.6 Å². The van der Waals surface area contributed by atoms with Crippen molar-refractivity contribution in [2.45, 2.75) is 34.4 Å². The van der Waals surface area contributed by atoms with Crippen LogP contribution in [0.1, 0.15) is 19.3 Å². The summed E-state index contributed by atoms with van der Waals surface area (Å²) in [6.07, 6.45) is 2.87. The van der Waals surface area contributed by atoms with Gasteiger partial charge in [0.2, 0.25) is 10.0 Å². The highest BCUT2D eigenvalue weighted by Crippen LogP contribution is 2.36. The molecule has 6 nitrogen and oxygen atoms in total. The molecule has 0 aromatic heterocycles. The molecule has 142 valence electrons. The molecular weight excluding hydrogens is 382 g/mol. The van der Waals surface area contributed by atoms with Gasteiger partial charge in [0.05, 0.1) is 10.6 Å². The second-order valence-electron chi connectivity index (χ2n) is 6.62. The van der Waals surface area contributed by atoms with E-state index in [0.717, 1.165) is 29.8 Å². The minimum absolute atomic E-state index is 0.150. The number of hydrogen-bond acceptors (Lipinski definition) is 5. The van der Waals surface area contributed by atoms with Crippen molar-refractivity contribution in [1.29, 1.82) is 0 Å². The second kappa shape index (κ2) is 7.53. The Hall–Kier alpha value is -2.03. The number of sulfonamides is 1. The molecule has 1 fully saturated rings. The number of carbonyl (C=O) groups excluding carboxylic acids is 1. The molecular formula is C19H21N3O3S2. The maximum atomic E-state index is 12.9. The Kier molecular flexibility index (Phi) is 5.12. The summed E-state index contributed by atoms with van der Waals surface area (Å²) in [5.74, 6) is -0.150. The first-order chi connectivity index (χ1) is 13.0. The van der Waals surface area contributed by atoms with Crippen LogP contribution in [-0.4, -0.2) is 37.1 Å². The molecule has 2 aromatic carbocycles. The predicted molar refractivity (Wildman–Crippen MR) is 107 cm³/mol. The van der Waals surface area contributed by atoms with Gasteiger partial charge in [-0.15, -0.1) is 0 Å². The van der Waals surface area contributed by atoms with E-state index in [2.05, 4.69) is 10.6 Å². The Bertz CT molecular complexity index is 956. The number of anilines is 2. The lowest BCUT2D eigenvalue weighted by atomic mass is 10.2. The van der Waals surface area contributed by atoms with Crippen LogP contribution >= 0.6 is 11.8 Å². The SMILES string of the molecule is O=C1Nc2ccccc2S[C@H]1Nc1cccc(S(=O)(=O)N2CCCCC2)c1. The highest BCUT2D eigenvalue weighted by atomic mass is 32.2. The molecule has 2 aliphatic rings. The van der Waals surface area contributed by atoms with Gasteiger partial charge in [0.1, 0.15) is 0 Å². The number of thioether (sulfide) groups is 1. The number of amides is 1. The van der Waals surface area contributed by atoms with E-state index < -0.39 is 15.4 Å². The van der Waals surface area contributed by atoms with E-state index >= 15 is 0 Å². The normalized spacial score (nSPS) is 20.6. The summed E-state index contributed by atoms with van der Waals surface area (Å²) in [6, 6.07) is 14.3. The number of benzene rings is 2. The molecule has 0 unspecified atom stereocenters. The minimum Gasteiger partial charge on any atom is -0.365 e. The Balaban J connectivity index is 1.54. The summed E-state index contributed by atoms with van der Waals surface area (Å²) >= 11 is 1.42. The van der Waals surface area contributed by atoms with Crippen molar-refractivity contribution < 1.29 is 13.2 Å². The number of nitrogens with one attached hydrogen (secondary N) is 2. The molecule has 0 saturated carbocycles. The van der Waals surface area contributed by atoms with Crippen LogP contribution in [0.25, 0.3) is 0 Å². The van der Waals surface area contributed by atoms with Crippen molar-refractivity contribution in [2.24, 2.45) is 0 Å². The standard InChI is InChI=1S/C19H21N3O3S2/c23-18-19(26-17-10-3-2-9-16(17)21-18)20-14-7-6-8-15(13-14)27(24,25)22-11-4-1-5-12-22/h2-3,6-10,13,19-20H,1,4-5,11-12H2,(H,21,23)/t19-/m1/s1. The molecule has 1 saturated heterocycles. The maximum absolute atomic E-state index is 12.9. The second-order valence-corrected chi connectivity index (χ2v) is 9.71. The van der Waals surface area contributed by atoms with Gasteiger partial charge in [-0.05, 0) is 43.2 Å². The van der Waals surface area contributed by atoms with Crippen LogP contribution in [0.15, 0.2) is 58.3 Å². The molecule has 2 aliphatic heterocycles. The summed E-state index contributed by atoms with van der Waals surface area (Å²) in [5, 5.41) is 5.51. The van der Waals surface area contributed by atoms with Crippen LogP contribution < -0.4 is 10.6 Å². The third-order valence-electron chi connectivity index (χ3n) is 4.71. The molecule has 2 heterocycles. The Morgan fingerprint density at radius 2 is 1.81 bits per heavy atom. The number of nitrogens with zero attached hydrogens (tertiary/aromatic N) is 1. The molecule has 0 aliphatic carbocycles. The van der Waals surface area contributed by atoms with Crippen LogP contribution in [0.4, 0.5) is 11.4 Å². The van der Waals surface area contributed by atoms with E-state index in [4.69, 9.17) is 0 Å². The topological polar surface area (TPSA) is 78.5 Å². The number of piperidine rings is 1. The van der Waals surface area contributed by atoms with Crippen LogP contribution in [0.5, 0.6) is 0 Å². The highest BCUT2D eigenvalue weighted by molar-refractivity contribution is 8.01. The van der Waals surface area contributed by atoms with E-state index in [1.807, 2.05) is 24.3 Å². The van der Waals surface area contributed by atoms with Gasteiger partial charge in [-0.25, -0.2) is 8.42 Å². The van der Waals surface area contributed by atoms with E-state index in [1.165, 1.54) is 11.8 Å². The van der Waals surface area contributed by atoms with Crippen LogP contribution in [0, 0.1) is 0 Å². The molecule has 0 spiro atoms. The van der Waals surface area contributed by atoms with Crippen LogP contribution in [0.3, 0.4) is 0 Å². The lowest BCUT2D eigenvalue weighted by Gasteiger charge is -2.27. The van der Waals surface area contributed by atoms with E-state index in [1.54, 1.807) is 28.6 Å². The van der Waals surface area contributed by atoms with Gasteiger partial charge in [-0.2, -0.15) is 4.31 Å². The summed E-state index contributed by atoms with van der Waals surface area (Å²) < 4.78 is 27.3. The van der Waals surface area contributed by atoms with Crippen molar-refractivity contribution in [3.63, 3.8) is 0 Å². The third kappa shape index (κ3) is 3.83. The lowest BCUT2D eigenvalue weighted by molar-refractivity contribution is -0.115. The average molecular weight is 404 g/mol. The van der Waals surface area contributed by atoms with Crippen molar-refractivity contribution in [3.05, 3.63) is 48.5 Å². The van der Waals surface area contributed by atoms with Crippen molar-refractivity contribution in [2.75, 3.05) is 23.7 Å².